The molecule has 5 heteroatoms. The van der Waals surface area contributed by atoms with Crippen LogP contribution in [0.4, 0.5) is 0 Å². The van der Waals surface area contributed by atoms with Crippen LogP contribution in [0.3, 0.4) is 0 Å². The molecule has 0 unspecified atom stereocenters. The maximum atomic E-state index is 4.90. The van der Waals surface area contributed by atoms with Crippen molar-refractivity contribution >= 4 is 96.9 Å². The molecule has 0 saturated carbocycles. The quantitative estimate of drug-likeness (QED) is 0.411. The molecule has 0 amide bonds. The van der Waals surface area contributed by atoms with Crippen LogP contribution in [0.5, 0.6) is 0 Å². The first-order chi connectivity index (χ1) is 1.91. The summed E-state index contributed by atoms with van der Waals surface area (Å²) >= 11 is 0. The van der Waals surface area contributed by atoms with Crippen molar-refractivity contribution in [1.29, 1.82) is 0 Å². The van der Waals surface area contributed by atoms with Crippen molar-refractivity contribution in [2.75, 3.05) is 13.1 Å². The van der Waals surface area contributed by atoms with Crippen LogP contribution < -0.4 is 11.5 Å². The normalized spacial score (nSPS) is 4.29. The van der Waals surface area contributed by atoms with E-state index in [0.29, 0.717) is 13.1 Å². The van der Waals surface area contributed by atoms with Crippen molar-refractivity contribution in [3.05, 3.63) is 0 Å². The van der Waals surface area contributed by atoms with E-state index in [1.54, 1.807) is 0 Å². The Morgan fingerprint density at radius 2 is 1.00 bits per heavy atom. The Bertz CT molecular complexity index is 15.7. The van der Waals surface area contributed by atoms with E-state index in [4.69, 9.17) is 11.5 Å². The summed E-state index contributed by atoms with van der Waals surface area (Å²) in [6, 6.07) is 0. The fourth-order valence-corrected chi connectivity index (χ4v) is 0. The fraction of sp³-hybridized carbons (Fsp3) is 1.00. The van der Waals surface area contributed by atoms with Crippen LogP contribution in [-0.2, 0) is 0 Å². The van der Waals surface area contributed by atoms with Gasteiger partial charge >= 0.3 is 0 Å². The molecular weight excluding hydrogens is 138 g/mol. The van der Waals surface area contributed by atoms with Crippen molar-refractivity contribution in [2.24, 2.45) is 11.5 Å². The number of rotatable bonds is 1. The van der Waals surface area contributed by atoms with Crippen LogP contribution >= 0.6 is 0 Å². The maximum absolute atomic E-state index is 4.90. The molecule has 0 spiro atoms. The Balaban J connectivity index is -0.0000000150. The fourth-order valence-electron chi connectivity index (χ4n) is 0. The molecule has 30 valence electrons. The van der Waals surface area contributed by atoms with Gasteiger partial charge in [-0.25, -0.2) is 0 Å². The van der Waals surface area contributed by atoms with Gasteiger partial charge in [0.2, 0.25) is 0 Å². The summed E-state index contributed by atoms with van der Waals surface area (Å²) < 4.78 is 0. The van der Waals surface area contributed by atoms with Crippen LogP contribution in [0.1, 0.15) is 0 Å². The van der Waals surface area contributed by atoms with E-state index in [2.05, 4.69) is 0 Å². The maximum Gasteiger partial charge on any atom is 0.00461 e. The largest absolute Gasteiger partial charge is 0.329 e. The van der Waals surface area contributed by atoms with Crippen LogP contribution in [0.15, 0.2) is 0 Å². The average Bonchev–Trinajstić information content (AvgIpc) is 1.37. The zero-order valence-corrected chi connectivity index (χ0v) is 11.5. The van der Waals surface area contributed by atoms with E-state index in [9.17, 15) is 0 Å². The molecule has 7 heavy (non-hydrogen) atoms. The molecule has 2 nitrogen and oxygen atoms in total. The SMILES string of the molecule is NCCN.[Ca].[Na].[Na]. The van der Waals surface area contributed by atoms with E-state index in [1.165, 1.54) is 0 Å². The molecule has 0 aliphatic carbocycles. The van der Waals surface area contributed by atoms with Gasteiger partial charge in [0.25, 0.3) is 0 Å². The van der Waals surface area contributed by atoms with Crippen molar-refractivity contribution in [1.82, 2.24) is 0 Å². The molecule has 0 heterocycles. The van der Waals surface area contributed by atoms with Gasteiger partial charge in [-0.1, -0.05) is 0 Å². The van der Waals surface area contributed by atoms with Gasteiger partial charge in [-0.05, 0) is 0 Å². The van der Waals surface area contributed by atoms with Gasteiger partial charge in [0, 0.05) is 110 Å². The van der Waals surface area contributed by atoms with Gasteiger partial charge in [0.1, 0.15) is 0 Å². The smallest absolute Gasteiger partial charge is 0.00461 e. The molecule has 4 N–H and O–H groups in total. The molecule has 0 aromatic heterocycles. The van der Waals surface area contributed by atoms with Gasteiger partial charge < -0.3 is 11.5 Å². The minimum absolute atomic E-state index is 0. The summed E-state index contributed by atoms with van der Waals surface area (Å²) in [5, 5.41) is 0. The van der Waals surface area contributed by atoms with Gasteiger partial charge in [-0.3, -0.25) is 0 Å². The first kappa shape index (κ1) is 22.5. The molecule has 0 saturated heterocycles. The van der Waals surface area contributed by atoms with Crippen LogP contribution in [0.25, 0.3) is 0 Å². The summed E-state index contributed by atoms with van der Waals surface area (Å²) in [5.41, 5.74) is 9.81. The minimum atomic E-state index is 0. The summed E-state index contributed by atoms with van der Waals surface area (Å²) in [4.78, 5) is 0. The third-order valence-electron chi connectivity index (χ3n) is 0.167. The Morgan fingerprint density at radius 1 is 0.857 bits per heavy atom. The van der Waals surface area contributed by atoms with E-state index in [1.807, 2.05) is 0 Å². The van der Waals surface area contributed by atoms with E-state index < -0.39 is 0 Å². The first-order valence-electron chi connectivity index (χ1n) is 1.32. The molecule has 0 fully saturated rings. The van der Waals surface area contributed by atoms with Crippen molar-refractivity contribution in [2.45, 2.75) is 0 Å². The molecule has 0 bridgehead atoms. The standard InChI is InChI=1S/C2H8N2.Ca.2Na/c3-1-2-4;;;/h1-4H2;;;. The Hall–Kier alpha value is 3.18. The second kappa shape index (κ2) is 22.9. The second-order valence-electron chi connectivity index (χ2n) is 0.577. The molecule has 0 aromatic carbocycles. The summed E-state index contributed by atoms with van der Waals surface area (Å²) in [7, 11) is 0. The van der Waals surface area contributed by atoms with Crippen molar-refractivity contribution < 1.29 is 0 Å². The van der Waals surface area contributed by atoms with Gasteiger partial charge in [-0.15, -0.1) is 0 Å². The van der Waals surface area contributed by atoms with Crippen molar-refractivity contribution in [3.8, 4) is 0 Å². The second-order valence-corrected chi connectivity index (χ2v) is 0.577. The predicted molar refractivity (Wildman–Crippen MR) is 35.4 cm³/mol. The molecule has 0 aromatic rings. The number of nitrogens with two attached hydrogens (primary N) is 2. The third kappa shape index (κ3) is 27.1. The van der Waals surface area contributed by atoms with Crippen LogP contribution in [-0.4, -0.2) is 110 Å². The third-order valence-corrected chi connectivity index (χ3v) is 0.167. The van der Waals surface area contributed by atoms with Gasteiger partial charge in [-0.2, -0.15) is 0 Å². The van der Waals surface area contributed by atoms with Gasteiger partial charge in [0.05, 0.1) is 0 Å². The van der Waals surface area contributed by atoms with Crippen LogP contribution in [0.2, 0.25) is 0 Å². The molecule has 0 aliphatic rings. The first-order valence-corrected chi connectivity index (χ1v) is 1.32. The van der Waals surface area contributed by atoms with Gasteiger partial charge in [0.15, 0.2) is 0 Å². The predicted octanol–water partition coefficient (Wildman–Crippen LogP) is -2.24. The van der Waals surface area contributed by atoms with E-state index >= 15 is 0 Å². The Morgan fingerprint density at radius 3 is 1.00 bits per heavy atom. The Labute approximate surface area is 119 Å². The Kier molecular flexibility index (Phi) is 73.5. The topological polar surface area (TPSA) is 52.0 Å². The summed E-state index contributed by atoms with van der Waals surface area (Å²) in [5.74, 6) is 0. The van der Waals surface area contributed by atoms with E-state index in [-0.39, 0.29) is 96.9 Å². The summed E-state index contributed by atoms with van der Waals surface area (Å²) in [6.45, 7) is 1.19. The zero-order valence-electron chi connectivity index (χ0n) is 5.28. The molecule has 0 rings (SSSR count). The molecule has 4 radical (unpaired) electrons. The average molecular weight is 146 g/mol. The molecule has 0 aliphatic heterocycles. The zero-order chi connectivity index (χ0) is 3.41. The monoisotopic (exact) mass is 146 g/mol. The molecule has 0 atom stereocenters. The molecular formula is C2H8CaN2Na2. The number of hydrogen-bond donors (Lipinski definition) is 2. The number of hydrogen-bond acceptors (Lipinski definition) is 2. The summed E-state index contributed by atoms with van der Waals surface area (Å²) in [6.07, 6.45) is 0. The van der Waals surface area contributed by atoms with Crippen molar-refractivity contribution in [3.63, 3.8) is 0 Å². The minimum Gasteiger partial charge on any atom is -0.329 e. The van der Waals surface area contributed by atoms with Crippen LogP contribution in [0, 0.1) is 0 Å². The van der Waals surface area contributed by atoms with E-state index in [0.717, 1.165) is 0 Å².